The first-order valence-electron chi connectivity index (χ1n) is 8.47. The highest BCUT2D eigenvalue weighted by atomic mass is 32.2. The fourth-order valence-corrected chi connectivity index (χ4v) is 5.43. The molecule has 0 atom stereocenters. The van der Waals surface area contributed by atoms with Crippen molar-refractivity contribution in [1.82, 2.24) is 0 Å². The predicted molar refractivity (Wildman–Crippen MR) is 110 cm³/mol. The highest BCUT2D eigenvalue weighted by Crippen LogP contribution is 2.28. The molecule has 0 aliphatic rings. The van der Waals surface area contributed by atoms with Gasteiger partial charge in [-0.1, -0.05) is 48.5 Å². The number of hydrogen-bond donors (Lipinski definition) is 2. The molecular formula is C20H20N2O4S2. The summed E-state index contributed by atoms with van der Waals surface area (Å²) in [5, 5.41) is 0. The van der Waals surface area contributed by atoms with Gasteiger partial charge in [0, 0.05) is 0 Å². The maximum absolute atomic E-state index is 12.8. The topological polar surface area (TPSA) is 92.3 Å². The number of nitrogens with one attached hydrogen (secondary N) is 2. The number of para-hydroxylation sites is 2. The molecule has 2 N–H and O–H groups in total. The molecule has 0 amide bonds. The highest BCUT2D eigenvalue weighted by Gasteiger charge is 2.21. The summed E-state index contributed by atoms with van der Waals surface area (Å²) in [6.45, 7) is 3.39. The van der Waals surface area contributed by atoms with Gasteiger partial charge in [-0.05, 0) is 49.2 Å². The van der Waals surface area contributed by atoms with Crippen molar-refractivity contribution in [2.75, 3.05) is 9.44 Å². The summed E-state index contributed by atoms with van der Waals surface area (Å²) in [4.78, 5) is 0.262. The van der Waals surface area contributed by atoms with Crippen LogP contribution in [0.3, 0.4) is 0 Å². The van der Waals surface area contributed by atoms with E-state index in [0.29, 0.717) is 11.1 Å². The van der Waals surface area contributed by atoms with Crippen molar-refractivity contribution in [3.8, 4) is 0 Å². The third-order valence-corrected chi connectivity index (χ3v) is 7.23. The van der Waals surface area contributed by atoms with E-state index >= 15 is 0 Å². The molecular weight excluding hydrogens is 396 g/mol. The Bertz CT molecular complexity index is 1120. The van der Waals surface area contributed by atoms with Crippen molar-refractivity contribution in [2.45, 2.75) is 23.6 Å². The lowest BCUT2D eigenvalue weighted by Gasteiger charge is -2.16. The second kappa shape index (κ2) is 7.65. The molecule has 8 heteroatoms. The molecule has 3 rings (SSSR count). The summed E-state index contributed by atoms with van der Waals surface area (Å²) in [5.41, 5.74) is 1.46. The van der Waals surface area contributed by atoms with Crippen LogP contribution in [0.5, 0.6) is 0 Å². The zero-order valence-corrected chi connectivity index (χ0v) is 17.0. The van der Waals surface area contributed by atoms with Gasteiger partial charge in [0.1, 0.15) is 0 Å². The van der Waals surface area contributed by atoms with Crippen LogP contribution in [0.15, 0.2) is 82.6 Å². The molecule has 0 aromatic heterocycles. The highest BCUT2D eigenvalue weighted by molar-refractivity contribution is 7.93. The minimum absolute atomic E-state index is 0.131. The van der Waals surface area contributed by atoms with E-state index < -0.39 is 20.0 Å². The van der Waals surface area contributed by atoms with E-state index in [1.54, 1.807) is 62.4 Å². The maximum Gasteiger partial charge on any atom is 0.262 e. The SMILES string of the molecule is Cc1ccccc1S(=O)(=O)Nc1ccccc1NS(=O)(=O)c1ccccc1C. The number of sulfonamides is 2. The minimum atomic E-state index is -3.88. The molecule has 3 aromatic rings. The molecule has 0 unspecified atom stereocenters. The third kappa shape index (κ3) is 4.18. The summed E-state index contributed by atoms with van der Waals surface area (Å²) in [6, 6.07) is 19.4. The van der Waals surface area contributed by atoms with Crippen molar-refractivity contribution in [3.05, 3.63) is 83.9 Å². The molecule has 146 valence electrons. The second-order valence-corrected chi connectivity index (χ2v) is 9.59. The van der Waals surface area contributed by atoms with Crippen molar-refractivity contribution < 1.29 is 16.8 Å². The predicted octanol–water partition coefficient (Wildman–Crippen LogP) is 3.91. The first-order valence-corrected chi connectivity index (χ1v) is 11.4. The summed E-state index contributed by atoms with van der Waals surface area (Å²) in [5.74, 6) is 0. The van der Waals surface area contributed by atoms with Gasteiger partial charge in [-0.3, -0.25) is 9.44 Å². The Balaban J connectivity index is 1.97. The van der Waals surface area contributed by atoms with Crippen LogP contribution in [0.25, 0.3) is 0 Å². The zero-order chi connectivity index (χ0) is 20.4. The van der Waals surface area contributed by atoms with Gasteiger partial charge in [0.25, 0.3) is 20.0 Å². The minimum Gasteiger partial charge on any atom is -0.277 e. The van der Waals surface area contributed by atoms with E-state index in [0.717, 1.165) is 0 Å². The Morgan fingerprint density at radius 3 is 1.21 bits per heavy atom. The molecule has 0 heterocycles. The van der Waals surface area contributed by atoms with Gasteiger partial charge in [-0.25, -0.2) is 16.8 Å². The molecule has 0 saturated heterocycles. The number of hydrogen-bond acceptors (Lipinski definition) is 4. The number of anilines is 2. The molecule has 0 radical (unpaired) electrons. The van der Waals surface area contributed by atoms with Gasteiger partial charge < -0.3 is 0 Å². The van der Waals surface area contributed by atoms with E-state index in [2.05, 4.69) is 9.44 Å². The van der Waals surface area contributed by atoms with Crippen LogP contribution in [0.1, 0.15) is 11.1 Å². The normalized spacial score (nSPS) is 11.8. The first-order chi connectivity index (χ1) is 13.2. The first kappa shape index (κ1) is 19.9. The quantitative estimate of drug-likeness (QED) is 0.637. The van der Waals surface area contributed by atoms with E-state index in [-0.39, 0.29) is 21.2 Å². The van der Waals surface area contributed by atoms with Gasteiger partial charge in [0.15, 0.2) is 0 Å². The van der Waals surface area contributed by atoms with E-state index in [4.69, 9.17) is 0 Å². The lowest BCUT2D eigenvalue weighted by atomic mass is 10.2. The summed E-state index contributed by atoms with van der Waals surface area (Å²) < 4.78 is 56.1. The van der Waals surface area contributed by atoms with Crippen LogP contribution in [0.4, 0.5) is 11.4 Å². The molecule has 0 spiro atoms. The fourth-order valence-electron chi connectivity index (χ4n) is 2.78. The number of aryl methyl sites for hydroxylation is 2. The van der Waals surface area contributed by atoms with E-state index in [1.165, 1.54) is 24.3 Å². The van der Waals surface area contributed by atoms with E-state index in [1.807, 2.05) is 0 Å². The van der Waals surface area contributed by atoms with Crippen LogP contribution in [-0.2, 0) is 20.0 Å². The monoisotopic (exact) mass is 416 g/mol. The molecule has 0 saturated carbocycles. The Kier molecular flexibility index (Phi) is 5.44. The maximum atomic E-state index is 12.8. The fraction of sp³-hybridized carbons (Fsp3) is 0.100. The summed E-state index contributed by atoms with van der Waals surface area (Å²) >= 11 is 0. The molecule has 0 bridgehead atoms. The number of benzene rings is 3. The smallest absolute Gasteiger partial charge is 0.262 e. The number of rotatable bonds is 6. The average Bonchev–Trinajstić information content (AvgIpc) is 2.63. The van der Waals surface area contributed by atoms with E-state index in [9.17, 15) is 16.8 Å². The van der Waals surface area contributed by atoms with Crippen molar-refractivity contribution in [3.63, 3.8) is 0 Å². The third-order valence-electron chi connectivity index (χ3n) is 4.18. The van der Waals surface area contributed by atoms with Crippen LogP contribution in [0.2, 0.25) is 0 Å². The summed E-state index contributed by atoms with van der Waals surface area (Å²) in [7, 11) is -7.76. The zero-order valence-electron chi connectivity index (χ0n) is 15.4. The Morgan fingerprint density at radius 2 is 0.857 bits per heavy atom. The second-order valence-electron chi connectivity index (χ2n) is 6.29. The molecule has 28 heavy (non-hydrogen) atoms. The Morgan fingerprint density at radius 1 is 0.536 bits per heavy atom. The standard InChI is InChI=1S/C20H20N2O4S2/c1-15-9-3-7-13-19(15)27(23,24)21-17-11-5-6-12-18(17)22-28(25,26)20-14-8-4-10-16(20)2/h3-14,21-22H,1-2H3. The molecule has 0 aliphatic carbocycles. The van der Waals surface area contributed by atoms with Gasteiger partial charge in [-0.15, -0.1) is 0 Å². The lowest BCUT2D eigenvalue weighted by Crippen LogP contribution is -2.18. The van der Waals surface area contributed by atoms with Crippen molar-refractivity contribution in [2.24, 2.45) is 0 Å². The molecule has 0 fully saturated rings. The van der Waals surface area contributed by atoms with Gasteiger partial charge >= 0.3 is 0 Å². The molecule has 0 aliphatic heterocycles. The molecule has 3 aromatic carbocycles. The van der Waals surface area contributed by atoms with Gasteiger partial charge in [0.05, 0.1) is 21.2 Å². The van der Waals surface area contributed by atoms with Gasteiger partial charge in [0.2, 0.25) is 0 Å². The lowest BCUT2D eigenvalue weighted by molar-refractivity contribution is 0.598. The Labute approximate surface area is 165 Å². The van der Waals surface area contributed by atoms with Crippen molar-refractivity contribution >= 4 is 31.4 Å². The Hall–Kier alpha value is -2.84. The van der Waals surface area contributed by atoms with Crippen LogP contribution >= 0.6 is 0 Å². The summed E-state index contributed by atoms with van der Waals surface area (Å²) in [6.07, 6.45) is 0. The van der Waals surface area contributed by atoms with Crippen molar-refractivity contribution in [1.29, 1.82) is 0 Å². The van der Waals surface area contributed by atoms with Crippen LogP contribution < -0.4 is 9.44 Å². The average molecular weight is 417 g/mol. The van der Waals surface area contributed by atoms with Crippen LogP contribution in [0, 0.1) is 13.8 Å². The van der Waals surface area contributed by atoms with Gasteiger partial charge in [-0.2, -0.15) is 0 Å². The molecule has 6 nitrogen and oxygen atoms in total. The van der Waals surface area contributed by atoms with Crippen LogP contribution in [-0.4, -0.2) is 16.8 Å². The largest absolute Gasteiger partial charge is 0.277 e.